The minimum atomic E-state index is -1.66. The highest BCUT2D eigenvalue weighted by Gasteiger charge is 2.44. The summed E-state index contributed by atoms with van der Waals surface area (Å²) in [4.78, 5) is 13.1. The summed E-state index contributed by atoms with van der Waals surface area (Å²) in [6.07, 6.45) is 38.0. The fraction of sp³-hybridized carbons (Fsp3) is 0.981. The molecule has 1 fully saturated rings. The zero-order chi connectivity index (χ0) is 47.6. The van der Waals surface area contributed by atoms with E-state index in [-0.39, 0.29) is 6.42 Å². The van der Waals surface area contributed by atoms with Crippen molar-refractivity contribution in [1.82, 2.24) is 5.32 Å². The lowest BCUT2D eigenvalue weighted by Gasteiger charge is -2.40. The number of carbonyl (C=O) groups excluding carboxylic acids is 1. The van der Waals surface area contributed by atoms with Crippen LogP contribution in [0.5, 0.6) is 0 Å². The summed E-state index contributed by atoms with van der Waals surface area (Å²) in [5.74, 6) is -0.694. The summed E-state index contributed by atoms with van der Waals surface area (Å²) < 4.78 is 11.1. The molecule has 11 nitrogen and oxygen atoms in total. The van der Waals surface area contributed by atoms with Gasteiger partial charge < -0.3 is 50.5 Å². The van der Waals surface area contributed by atoms with Gasteiger partial charge in [0.25, 0.3) is 0 Å². The van der Waals surface area contributed by atoms with Crippen LogP contribution in [-0.2, 0) is 14.3 Å². The largest absolute Gasteiger partial charge is 0.394 e. The van der Waals surface area contributed by atoms with Gasteiger partial charge in [-0.1, -0.05) is 258 Å². The number of nitrogens with one attached hydrogen (secondary N) is 1. The van der Waals surface area contributed by atoms with Crippen LogP contribution < -0.4 is 5.32 Å². The summed E-state index contributed by atoms with van der Waals surface area (Å²) in [6.45, 7) is 3.41. The molecule has 9 atom stereocenters. The van der Waals surface area contributed by atoms with Crippen LogP contribution in [-0.4, -0.2) is 110 Å². The number of amides is 1. The topological polar surface area (TPSA) is 189 Å². The summed E-state index contributed by atoms with van der Waals surface area (Å²) >= 11 is 0. The highest BCUT2D eigenvalue weighted by molar-refractivity contribution is 5.80. The van der Waals surface area contributed by atoms with Crippen molar-refractivity contribution in [3.63, 3.8) is 0 Å². The van der Waals surface area contributed by atoms with Crippen LogP contribution in [0, 0.1) is 0 Å². The molecule has 65 heavy (non-hydrogen) atoms. The Morgan fingerprint density at radius 3 is 1.14 bits per heavy atom. The van der Waals surface area contributed by atoms with Crippen molar-refractivity contribution in [2.45, 2.75) is 326 Å². The Morgan fingerprint density at radius 2 is 0.800 bits per heavy atom. The van der Waals surface area contributed by atoms with E-state index in [0.29, 0.717) is 19.3 Å². The molecule has 1 aliphatic heterocycles. The van der Waals surface area contributed by atoms with Gasteiger partial charge >= 0.3 is 0 Å². The molecule has 9 unspecified atom stereocenters. The van der Waals surface area contributed by atoms with E-state index in [1.807, 2.05) is 0 Å². The van der Waals surface area contributed by atoms with Gasteiger partial charge in [-0.15, -0.1) is 0 Å². The number of hydrogen-bond donors (Lipinski definition) is 8. The fourth-order valence-electron chi connectivity index (χ4n) is 9.33. The van der Waals surface area contributed by atoms with Crippen molar-refractivity contribution in [2.75, 3.05) is 13.2 Å². The van der Waals surface area contributed by atoms with E-state index in [9.17, 15) is 40.5 Å². The molecular weight excluding hydrogens is 823 g/mol. The lowest BCUT2D eigenvalue weighted by Crippen LogP contribution is -2.60. The van der Waals surface area contributed by atoms with E-state index in [4.69, 9.17) is 9.47 Å². The second-order valence-electron chi connectivity index (χ2n) is 20.0. The first-order valence-electron chi connectivity index (χ1n) is 27.9. The molecule has 388 valence electrons. The van der Waals surface area contributed by atoms with Crippen LogP contribution in [0.1, 0.15) is 271 Å². The SMILES string of the molecule is CCCCCCCCCCCCCCCCCCCCCCCCCCCCCCCCCC(O)C(=O)NC(COC1OC(CO)C(O)C(O)C1O)C(O)C(O)CCCCCCCCC. The summed E-state index contributed by atoms with van der Waals surface area (Å²) in [5, 5.41) is 75.5. The van der Waals surface area contributed by atoms with Crippen molar-refractivity contribution >= 4 is 5.91 Å². The average Bonchev–Trinajstić information content (AvgIpc) is 3.31. The second kappa shape index (κ2) is 44.3. The number of rotatable bonds is 48. The lowest BCUT2D eigenvalue weighted by molar-refractivity contribution is -0.303. The summed E-state index contributed by atoms with van der Waals surface area (Å²) in [6, 6.07) is -1.16. The Bertz CT molecular complexity index is 1020. The zero-order valence-electron chi connectivity index (χ0n) is 42.2. The highest BCUT2D eigenvalue weighted by Crippen LogP contribution is 2.23. The Hall–Kier alpha value is -0.890. The zero-order valence-corrected chi connectivity index (χ0v) is 42.2. The highest BCUT2D eigenvalue weighted by atomic mass is 16.7. The van der Waals surface area contributed by atoms with Crippen LogP contribution in [0.3, 0.4) is 0 Å². The number of unbranched alkanes of at least 4 members (excludes halogenated alkanes) is 36. The van der Waals surface area contributed by atoms with Gasteiger partial charge in [-0.25, -0.2) is 0 Å². The van der Waals surface area contributed by atoms with Crippen LogP contribution in [0.2, 0.25) is 0 Å². The molecule has 8 N–H and O–H groups in total. The van der Waals surface area contributed by atoms with Gasteiger partial charge in [-0.3, -0.25) is 4.79 Å². The Kier molecular flexibility index (Phi) is 42.4. The Morgan fingerprint density at radius 1 is 0.477 bits per heavy atom. The normalized spacial score (nSPS) is 20.8. The number of aliphatic hydroxyl groups is 7. The van der Waals surface area contributed by atoms with E-state index in [2.05, 4.69) is 19.2 Å². The maximum atomic E-state index is 13.1. The molecule has 0 saturated carbocycles. The smallest absolute Gasteiger partial charge is 0.249 e. The second-order valence-corrected chi connectivity index (χ2v) is 20.0. The van der Waals surface area contributed by atoms with Crippen molar-refractivity contribution < 1.29 is 50.0 Å². The molecule has 0 aliphatic carbocycles. The van der Waals surface area contributed by atoms with Gasteiger partial charge in [0.1, 0.15) is 36.6 Å². The third kappa shape index (κ3) is 33.3. The molecule has 0 aromatic carbocycles. The maximum absolute atomic E-state index is 13.1. The van der Waals surface area contributed by atoms with Crippen LogP contribution >= 0.6 is 0 Å². The first kappa shape index (κ1) is 62.1. The fourth-order valence-corrected chi connectivity index (χ4v) is 9.33. The van der Waals surface area contributed by atoms with Gasteiger partial charge in [0.15, 0.2) is 6.29 Å². The quantitative estimate of drug-likeness (QED) is 0.0273. The Balaban J connectivity index is 2.11. The van der Waals surface area contributed by atoms with Crippen molar-refractivity contribution in [2.24, 2.45) is 0 Å². The lowest BCUT2D eigenvalue weighted by atomic mass is 9.98. The maximum Gasteiger partial charge on any atom is 0.249 e. The van der Waals surface area contributed by atoms with Gasteiger partial charge in [0.2, 0.25) is 5.91 Å². The average molecular weight is 930 g/mol. The van der Waals surface area contributed by atoms with Gasteiger partial charge in [0, 0.05) is 0 Å². The molecule has 1 aliphatic rings. The van der Waals surface area contributed by atoms with E-state index in [1.54, 1.807) is 0 Å². The number of carbonyl (C=O) groups is 1. The number of ether oxygens (including phenoxy) is 2. The van der Waals surface area contributed by atoms with Gasteiger partial charge in [0.05, 0.1) is 25.4 Å². The molecule has 1 heterocycles. The van der Waals surface area contributed by atoms with Crippen LogP contribution in [0.25, 0.3) is 0 Å². The first-order valence-corrected chi connectivity index (χ1v) is 27.9. The Labute approximate surface area is 399 Å². The molecule has 0 aromatic heterocycles. The predicted molar refractivity (Wildman–Crippen MR) is 266 cm³/mol. The minimum Gasteiger partial charge on any atom is -0.394 e. The molecule has 11 heteroatoms. The predicted octanol–water partition coefficient (Wildman–Crippen LogP) is 11.0. The molecule has 0 aromatic rings. The van der Waals surface area contributed by atoms with Crippen LogP contribution in [0.4, 0.5) is 0 Å². The van der Waals surface area contributed by atoms with Crippen LogP contribution in [0.15, 0.2) is 0 Å². The monoisotopic (exact) mass is 930 g/mol. The van der Waals surface area contributed by atoms with Crippen molar-refractivity contribution in [3.05, 3.63) is 0 Å². The van der Waals surface area contributed by atoms with E-state index < -0.39 is 74.2 Å². The van der Waals surface area contributed by atoms with Crippen molar-refractivity contribution in [1.29, 1.82) is 0 Å². The third-order valence-corrected chi connectivity index (χ3v) is 13.9. The molecule has 0 spiro atoms. The molecule has 1 saturated heterocycles. The first-order chi connectivity index (χ1) is 31.7. The minimum absolute atomic E-state index is 0.266. The van der Waals surface area contributed by atoms with E-state index in [0.717, 1.165) is 44.9 Å². The van der Waals surface area contributed by atoms with E-state index in [1.165, 1.54) is 186 Å². The van der Waals surface area contributed by atoms with E-state index >= 15 is 0 Å². The molecule has 0 bridgehead atoms. The molecular formula is C54H107NO10. The van der Waals surface area contributed by atoms with Crippen molar-refractivity contribution in [3.8, 4) is 0 Å². The number of hydrogen-bond acceptors (Lipinski definition) is 10. The number of aliphatic hydroxyl groups excluding tert-OH is 7. The van der Waals surface area contributed by atoms with Gasteiger partial charge in [-0.05, 0) is 12.8 Å². The molecule has 1 amide bonds. The molecule has 0 radical (unpaired) electrons. The third-order valence-electron chi connectivity index (χ3n) is 13.9. The standard InChI is InChI=1S/C54H107NO10/c1-3-5-7-9-11-12-13-14-15-16-17-18-19-20-21-22-23-24-25-26-27-28-29-30-31-32-33-34-36-38-40-42-47(58)53(63)55-45(49(59)46(57)41-39-37-35-10-8-6-4-2)44-64-54-52(62)51(61)50(60)48(43-56)65-54/h45-52,54,56-62H,3-44H2,1-2H3,(H,55,63). The van der Waals surface area contributed by atoms with Gasteiger partial charge in [-0.2, -0.15) is 0 Å². The molecule has 1 rings (SSSR count). The summed E-state index contributed by atoms with van der Waals surface area (Å²) in [5.41, 5.74) is 0. The summed E-state index contributed by atoms with van der Waals surface area (Å²) in [7, 11) is 0.